The van der Waals surface area contributed by atoms with Gasteiger partial charge in [0.05, 0.1) is 6.20 Å². The molecule has 0 saturated carbocycles. The Kier molecular flexibility index (Phi) is 4.63. The fraction of sp³-hybridized carbons (Fsp3) is 0.267. The number of benzene rings is 1. The Hall–Kier alpha value is -2.01. The lowest BCUT2D eigenvalue weighted by Crippen LogP contribution is -2.21. The zero-order valence-electron chi connectivity index (χ0n) is 11.1. The molecule has 5 heteroatoms. The second-order valence-corrected chi connectivity index (χ2v) is 4.61. The van der Waals surface area contributed by atoms with Gasteiger partial charge >= 0.3 is 0 Å². The third kappa shape index (κ3) is 3.99. The van der Waals surface area contributed by atoms with Gasteiger partial charge in [0.25, 0.3) is 0 Å². The summed E-state index contributed by atoms with van der Waals surface area (Å²) in [7, 11) is 0. The second kappa shape index (κ2) is 6.43. The van der Waals surface area contributed by atoms with E-state index in [2.05, 4.69) is 4.98 Å². The Morgan fingerprint density at radius 3 is 2.45 bits per heavy atom. The molecule has 106 valence electrons. The molecule has 1 heterocycles. The van der Waals surface area contributed by atoms with Crippen molar-refractivity contribution >= 4 is 0 Å². The molecule has 0 aliphatic rings. The van der Waals surface area contributed by atoms with E-state index in [-0.39, 0.29) is 11.8 Å². The van der Waals surface area contributed by atoms with Gasteiger partial charge in [-0.2, -0.15) is 0 Å². The zero-order valence-corrected chi connectivity index (χ0v) is 11.1. The van der Waals surface area contributed by atoms with E-state index in [4.69, 9.17) is 10.5 Å². The predicted octanol–water partition coefficient (Wildman–Crippen LogP) is 3.43. The van der Waals surface area contributed by atoms with Gasteiger partial charge in [-0.05, 0) is 24.5 Å². The highest BCUT2D eigenvalue weighted by molar-refractivity contribution is 5.32. The number of aromatic nitrogens is 1. The molecule has 2 N–H and O–H groups in total. The first-order valence-electron chi connectivity index (χ1n) is 6.40. The summed E-state index contributed by atoms with van der Waals surface area (Å²) < 4.78 is 31.6. The van der Waals surface area contributed by atoms with Crippen molar-refractivity contribution < 1.29 is 13.5 Å². The van der Waals surface area contributed by atoms with E-state index in [1.807, 2.05) is 6.92 Å². The molecule has 0 fully saturated rings. The van der Waals surface area contributed by atoms with Crippen LogP contribution in [0.25, 0.3) is 0 Å². The molecule has 2 rings (SSSR count). The van der Waals surface area contributed by atoms with Crippen LogP contribution in [-0.2, 0) is 6.42 Å². The van der Waals surface area contributed by atoms with Crippen molar-refractivity contribution in [2.75, 3.05) is 0 Å². The van der Waals surface area contributed by atoms with E-state index >= 15 is 0 Å². The van der Waals surface area contributed by atoms with Crippen LogP contribution < -0.4 is 10.5 Å². The maximum absolute atomic E-state index is 13.1. The number of hydrogen-bond acceptors (Lipinski definition) is 3. The monoisotopic (exact) mass is 278 g/mol. The van der Waals surface area contributed by atoms with Crippen LogP contribution in [0, 0.1) is 11.6 Å². The van der Waals surface area contributed by atoms with Gasteiger partial charge in [0, 0.05) is 30.4 Å². The number of pyridine rings is 1. The number of halogens is 2. The van der Waals surface area contributed by atoms with E-state index in [1.165, 1.54) is 6.20 Å². The summed E-state index contributed by atoms with van der Waals surface area (Å²) in [5.41, 5.74) is 6.80. The molecule has 0 spiro atoms. The van der Waals surface area contributed by atoms with Crippen molar-refractivity contribution in [3.05, 3.63) is 53.9 Å². The molecule has 0 aliphatic heterocycles. The van der Waals surface area contributed by atoms with Crippen LogP contribution in [0.2, 0.25) is 0 Å². The van der Waals surface area contributed by atoms with Crippen LogP contribution in [0.1, 0.15) is 18.9 Å². The molecule has 0 radical (unpaired) electrons. The minimum absolute atomic E-state index is 0.0543. The van der Waals surface area contributed by atoms with E-state index in [0.29, 0.717) is 12.2 Å². The summed E-state index contributed by atoms with van der Waals surface area (Å²) in [6.45, 7) is 2.01. The van der Waals surface area contributed by atoms with E-state index in [0.717, 1.165) is 30.2 Å². The first kappa shape index (κ1) is 14.4. The molecule has 1 aromatic heterocycles. The second-order valence-electron chi connectivity index (χ2n) is 4.61. The third-order valence-corrected chi connectivity index (χ3v) is 2.86. The van der Waals surface area contributed by atoms with Crippen molar-refractivity contribution in [3.63, 3.8) is 0 Å². The number of hydrogen-bond donors (Lipinski definition) is 1. The predicted molar refractivity (Wildman–Crippen MR) is 72.6 cm³/mol. The van der Waals surface area contributed by atoms with Gasteiger partial charge in [-0.15, -0.1) is 0 Å². The molecule has 3 nitrogen and oxygen atoms in total. The highest BCUT2D eigenvalue weighted by Crippen LogP contribution is 2.23. The molecule has 1 unspecified atom stereocenters. The molecule has 0 amide bonds. The van der Waals surface area contributed by atoms with Crippen LogP contribution in [0.15, 0.2) is 36.7 Å². The fourth-order valence-corrected chi connectivity index (χ4v) is 1.80. The standard InChI is InChI=1S/C15H16F2N2O/c1-2-13(18)3-10-4-15(9-19-8-10)20-14-6-11(16)5-12(17)7-14/h4-9,13H,2-3,18H2,1H3. The van der Waals surface area contributed by atoms with Crippen LogP contribution in [-0.4, -0.2) is 11.0 Å². The van der Waals surface area contributed by atoms with Crippen LogP contribution >= 0.6 is 0 Å². The van der Waals surface area contributed by atoms with Gasteiger partial charge in [-0.1, -0.05) is 6.92 Å². The average molecular weight is 278 g/mol. The topological polar surface area (TPSA) is 48.1 Å². The van der Waals surface area contributed by atoms with Gasteiger partial charge in [0.2, 0.25) is 0 Å². The highest BCUT2D eigenvalue weighted by Gasteiger charge is 2.06. The molecule has 0 aliphatic carbocycles. The minimum atomic E-state index is -0.683. The molecule has 1 atom stereocenters. The molecule has 2 aromatic rings. The van der Waals surface area contributed by atoms with Gasteiger partial charge in [-0.25, -0.2) is 8.78 Å². The number of nitrogens with zero attached hydrogens (tertiary/aromatic N) is 1. The van der Waals surface area contributed by atoms with Crippen LogP contribution in [0.5, 0.6) is 11.5 Å². The van der Waals surface area contributed by atoms with Crippen molar-refractivity contribution in [1.82, 2.24) is 4.98 Å². The lowest BCUT2D eigenvalue weighted by molar-refractivity contribution is 0.465. The maximum atomic E-state index is 13.1. The third-order valence-electron chi connectivity index (χ3n) is 2.86. The highest BCUT2D eigenvalue weighted by atomic mass is 19.1. The summed E-state index contributed by atoms with van der Waals surface area (Å²) >= 11 is 0. The van der Waals surface area contributed by atoms with Crippen molar-refractivity contribution in [2.45, 2.75) is 25.8 Å². The van der Waals surface area contributed by atoms with Crippen LogP contribution in [0.4, 0.5) is 8.78 Å². The molecule has 1 aromatic carbocycles. The first-order chi connectivity index (χ1) is 9.56. The lowest BCUT2D eigenvalue weighted by Gasteiger charge is -2.10. The molecular formula is C15H16F2N2O. The van der Waals surface area contributed by atoms with Crippen molar-refractivity contribution in [3.8, 4) is 11.5 Å². The summed E-state index contributed by atoms with van der Waals surface area (Å²) in [4.78, 5) is 4.04. The Labute approximate surface area is 116 Å². The fourth-order valence-electron chi connectivity index (χ4n) is 1.80. The lowest BCUT2D eigenvalue weighted by atomic mass is 10.1. The van der Waals surface area contributed by atoms with Crippen LogP contribution in [0.3, 0.4) is 0 Å². The summed E-state index contributed by atoms with van der Waals surface area (Å²) in [5, 5.41) is 0. The summed E-state index contributed by atoms with van der Waals surface area (Å²) in [5.74, 6) is -0.841. The van der Waals surface area contributed by atoms with Gasteiger partial charge in [0.1, 0.15) is 23.1 Å². The summed E-state index contributed by atoms with van der Waals surface area (Å²) in [6.07, 6.45) is 4.73. The Morgan fingerprint density at radius 2 is 1.80 bits per heavy atom. The van der Waals surface area contributed by atoms with Gasteiger partial charge in [0.15, 0.2) is 0 Å². The smallest absolute Gasteiger partial charge is 0.145 e. The zero-order chi connectivity index (χ0) is 14.5. The summed E-state index contributed by atoms with van der Waals surface area (Å²) in [6, 6.07) is 4.85. The molecule has 0 saturated heterocycles. The largest absolute Gasteiger partial charge is 0.456 e. The van der Waals surface area contributed by atoms with Crippen molar-refractivity contribution in [1.29, 1.82) is 0 Å². The molecular weight excluding hydrogens is 262 g/mol. The Bertz CT molecular complexity index is 570. The number of nitrogens with two attached hydrogens (primary N) is 1. The average Bonchev–Trinajstić information content (AvgIpc) is 2.37. The Morgan fingerprint density at radius 1 is 1.10 bits per heavy atom. The SMILES string of the molecule is CCC(N)Cc1cncc(Oc2cc(F)cc(F)c2)c1. The quantitative estimate of drug-likeness (QED) is 0.911. The maximum Gasteiger partial charge on any atom is 0.145 e. The Balaban J connectivity index is 2.15. The van der Waals surface area contributed by atoms with Gasteiger partial charge in [-0.3, -0.25) is 4.98 Å². The van der Waals surface area contributed by atoms with E-state index < -0.39 is 11.6 Å². The van der Waals surface area contributed by atoms with E-state index in [1.54, 1.807) is 12.3 Å². The number of rotatable bonds is 5. The normalized spacial score (nSPS) is 12.2. The van der Waals surface area contributed by atoms with Gasteiger partial charge < -0.3 is 10.5 Å². The molecule has 0 bridgehead atoms. The molecule has 20 heavy (non-hydrogen) atoms. The van der Waals surface area contributed by atoms with Crippen molar-refractivity contribution in [2.24, 2.45) is 5.73 Å². The number of ether oxygens (including phenoxy) is 1. The minimum Gasteiger partial charge on any atom is -0.456 e. The first-order valence-corrected chi connectivity index (χ1v) is 6.40. The van der Waals surface area contributed by atoms with E-state index in [9.17, 15) is 8.78 Å².